The van der Waals surface area contributed by atoms with Gasteiger partial charge in [0.1, 0.15) is 0 Å². The van der Waals surface area contributed by atoms with Gasteiger partial charge in [-0.15, -0.1) is 0 Å². The zero-order valence-corrected chi connectivity index (χ0v) is 10.0. The van der Waals surface area contributed by atoms with E-state index in [1.165, 1.54) is 0 Å². The molecule has 1 unspecified atom stereocenters. The van der Waals surface area contributed by atoms with Gasteiger partial charge in [-0.2, -0.15) is 0 Å². The van der Waals surface area contributed by atoms with Crippen molar-refractivity contribution in [1.82, 2.24) is 0 Å². The Hall–Kier alpha value is 0.177. The maximum absolute atomic E-state index is 5.63. The second kappa shape index (κ2) is 4.94. The summed E-state index contributed by atoms with van der Waals surface area (Å²) in [5, 5.41) is 0.535. The topological polar surface area (TPSA) is 9.23 Å². The lowest BCUT2D eigenvalue weighted by Gasteiger charge is -2.22. The summed E-state index contributed by atoms with van der Waals surface area (Å²) in [7, 11) is -0.0685. The predicted octanol–water partition coefficient (Wildman–Crippen LogP) is 2.15. The van der Waals surface area contributed by atoms with E-state index < -0.39 is 0 Å². The number of hydrogen-bond donors (Lipinski definition) is 0. The van der Waals surface area contributed by atoms with E-state index in [2.05, 4.69) is 34.6 Å². The third kappa shape index (κ3) is 8.08. The average molecular weight is 174 g/mol. The van der Waals surface area contributed by atoms with Crippen molar-refractivity contribution in [2.45, 2.75) is 51.8 Å². The smallest absolute Gasteiger partial charge is 0.0610 e. The van der Waals surface area contributed by atoms with Gasteiger partial charge in [0, 0.05) is 12.3 Å². The molecule has 0 aromatic carbocycles. The van der Waals surface area contributed by atoms with E-state index in [1.807, 2.05) is 0 Å². The quantitative estimate of drug-likeness (QED) is 0.593. The molecular formula is C9H22OSi. The molecule has 0 saturated carbocycles. The summed E-state index contributed by atoms with van der Waals surface area (Å²) in [6.45, 7) is 12.2. The van der Waals surface area contributed by atoms with Gasteiger partial charge in [-0.25, -0.2) is 0 Å². The minimum Gasteiger partial charge on any atom is -0.383 e. The highest BCUT2D eigenvalue weighted by Crippen LogP contribution is 2.21. The van der Waals surface area contributed by atoms with Crippen LogP contribution >= 0.6 is 0 Å². The maximum Gasteiger partial charge on any atom is 0.0610 e. The van der Waals surface area contributed by atoms with Gasteiger partial charge in [-0.3, -0.25) is 0 Å². The summed E-state index contributed by atoms with van der Waals surface area (Å²) in [5.74, 6) is 0. The highest BCUT2D eigenvalue weighted by atomic mass is 28.2. The summed E-state index contributed by atoms with van der Waals surface area (Å²) in [6, 6.07) is 0. The third-order valence-corrected chi connectivity index (χ3v) is 3.54. The fourth-order valence-electron chi connectivity index (χ4n) is 1.24. The first-order valence-corrected chi connectivity index (χ1v) is 6.09. The molecular weight excluding hydrogens is 152 g/mol. The minimum absolute atomic E-state index is 0.0685. The summed E-state index contributed by atoms with van der Waals surface area (Å²) < 4.78 is 5.63. The van der Waals surface area contributed by atoms with Gasteiger partial charge < -0.3 is 4.74 Å². The molecule has 0 rings (SSSR count). The first-order valence-electron chi connectivity index (χ1n) is 4.57. The van der Waals surface area contributed by atoms with Crippen LogP contribution in [0.5, 0.6) is 0 Å². The molecule has 0 aliphatic rings. The summed E-state index contributed by atoms with van der Waals surface area (Å²) in [4.78, 5) is 0. The van der Waals surface area contributed by atoms with E-state index in [0.29, 0.717) is 10.8 Å². The summed E-state index contributed by atoms with van der Waals surface area (Å²) >= 11 is 0. The normalized spacial score (nSPS) is 16.1. The van der Waals surface area contributed by atoms with Crippen molar-refractivity contribution in [2.24, 2.45) is 0 Å². The fourth-order valence-corrected chi connectivity index (χ4v) is 3.25. The molecule has 0 bridgehead atoms. The Morgan fingerprint density at radius 1 is 1.36 bits per heavy atom. The second-order valence-electron chi connectivity index (χ2n) is 4.45. The van der Waals surface area contributed by atoms with E-state index in [9.17, 15) is 0 Å². The Morgan fingerprint density at radius 2 is 1.91 bits per heavy atom. The van der Waals surface area contributed by atoms with Gasteiger partial charge in [-0.05, 0) is 18.4 Å². The van der Waals surface area contributed by atoms with Crippen LogP contribution in [0.2, 0.25) is 5.04 Å². The molecule has 0 fully saturated rings. The van der Waals surface area contributed by atoms with Crippen LogP contribution in [0.1, 0.15) is 41.0 Å². The standard InChI is InChI=1S/C9H22OSi/c1-6-7-10-8(2)11-9(3,4)5/h8H,6-7,11H2,1-5H3. The van der Waals surface area contributed by atoms with Crippen LogP contribution in [0.4, 0.5) is 0 Å². The van der Waals surface area contributed by atoms with Crippen LogP contribution in [0.25, 0.3) is 0 Å². The van der Waals surface area contributed by atoms with Gasteiger partial charge in [0.2, 0.25) is 0 Å². The Kier molecular flexibility index (Phi) is 5.02. The fraction of sp³-hybridized carbons (Fsp3) is 1.00. The van der Waals surface area contributed by atoms with Gasteiger partial charge >= 0.3 is 0 Å². The van der Waals surface area contributed by atoms with Crippen molar-refractivity contribution in [3.8, 4) is 0 Å². The Labute approximate surface area is 73.3 Å². The van der Waals surface area contributed by atoms with Gasteiger partial charge in [0.15, 0.2) is 0 Å². The molecule has 0 aliphatic heterocycles. The van der Waals surface area contributed by atoms with Crippen LogP contribution in [0.15, 0.2) is 0 Å². The zero-order chi connectivity index (χ0) is 8.91. The number of ether oxygens (including phenoxy) is 1. The lowest BCUT2D eigenvalue weighted by molar-refractivity contribution is 0.115. The van der Waals surface area contributed by atoms with E-state index in [1.54, 1.807) is 0 Å². The van der Waals surface area contributed by atoms with E-state index in [0.717, 1.165) is 13.0 Å². The van der Waals surface area contributed by atoms with Gasteiger partial charge in [0.25, 0.3) is 0 Å². The van der Waals surface area contributed by atoms with Crippen molar-refractivity contribution in [3.63, 3.8) is 0 Å². The molecule has 11 heavy (non-hydrogen) atoms. The van der Waals surface area contributed by atoms with E-state index in [-0.39, 0.29) is 9.52 Å². The van der Waals surface area contributed by atoms with Crippen molar-refractivity contribution in [3.05, 3.63) is 0 Å². The summed E-state index contributed by atoms with van der Waals surface area (Å²) in [6.07, 6.45) is 1.14. The Morgan fingerprint density at radius 3 is 2.27 bits per heavy atom. The highest BCUT2D eigenvalue weighted by molar-refractivity contribution is 6.41. The molecule has 0 saturated heterocycles. The van der Waals surface area contributed by atoms with E-state index in [4.69, 9.17) is 4.74 Å². The second-order valence-corrected chi connectivity index (χ2v) is 8.13. The van der Waals surface area contributed by atoms with Crippen molar-refractivity contribution >= 4 is 9.52 Å². The molecule has 1 atom stereocenters. The van der Waals surface area contributed by atoms with Crippen molar-refractivity contribution in [2.75, 3.05) is 6.61 Å². The summed E-state index contributed by atoms with van der Waals surface area (Å²) in [5.41, 5.74) is 0.551. The SMILES string of the molecule is CCCOC(C)[SiH2]C(C)(C)C. The van der Waals surface area contributed by atoms with Crippen molar-refractivity contribution < 1.29 is 4.74 Å². The van der Waals surface area contributed by atoms with Crippen LogP contribution in [0, 0.1) is 0 Å². The van der Waals surface area contributed by atoms with Gasteiger partial charge in [0.05, 0.1) is 9.52 Å². The average Bonchev–Trinajstić information content (AvgIpc) is 1.79. The lowest BCUT2D eigenvalue weighted by atomic mass is 10.3. The third-order valence-electron chi connectivity index (χ3n) is 1.51. The molecule has 0 spiro atoms. The molecule has 1 nitrogen and oxygen atoms in total. The monoisotopic (exact) mass is 174 g/mol. The zero-order valence-electron chi connectivity index (χ0n) is 8.61. The first-order chi connectivity index (χ1) is 4.95. The van der Waals surface area contributed by atoms with Crippen LogP contribution in [0.3, 0.4) is 0 Å². The number of rotatable bonds is 4. The Balaban J connectivity index is 3.44. The largest absolute Gasteiger partial charge is 0.383 e. The maximum atomic E-state index is 5.63. The van der Waals surface area contributed by atoms with Crippen LogP contribution in [-0.2, 0) is 4.74 Å². The lowest BCUT2D eigenvalue weighted by Crippen LogP contribution is -2.24. The van der Waals surface area contributed by atoms with Gasteiger partial charge in [-0.1, -0.05) is 27.7 Å². The Bertz CT molecular complexity index is 96.2. The molecule has 0 aliphatic carbocycles. The molecule has 0 heterocycles. The van der Waals surface area contributed by atoms with Crippen LogP contribution < -0.4 is 0 Å². The molecule has 0 aromatic rings. The van der Waals surface area contributed by atoms with Crippen molar-refractivity contribution in [1.29, 1.82) is 0 Å². The molecule has 0 amide bonds. The number of hydrogen-bond acceptors (Lipinski definition) is 1. The minimum atomic E-state index is -0.0685. The first kappa shape index (κ1) is 11.2. The molecule has 0 radical (unpaired) electrons. The molecule has 0 aromatic heterocycles. The molecule has 0 N–H and O–H groups in total. The molecule has 2 heteroatoms. The van der Waals surface area contributed by atoms with E-state index >= 15 is 0 Å². The highest BCUT2D eigenvalue weighted by Gasteiger charge is 2.15. The predicted molar refractivity (Wildman–Crippen MR) is 54.0 cm³/mol. The molecule has 68 valence electrons. The van der Waals surface area contributed by atoms with Crippen LogP contribution in [-0.4, -0.2) is 21.9 Å².